The lowest BCUT2D eigenvalue weighted by atomic mass is 10.2. The highest BCUT2D eigenvalue weighted by Crippen LogP contribution is 2.26. The Kier molecular flexibility index (Phi) is 7.88. The molecule has 28 heavy (non-hydrogen) atoms. The minimum Gasteiger partial charge on any atom is -0.370 e. The van der Waals surface area contributed by atoms with Gasteiger partial charge in [-0.25, -0.2) is 0 Å². The van der Waals surface area contributed by atoms with Crippen molar-refractivity contribution in [3.05, 3.63) is 34.6 Å². The maximum absolute atomic E-state index is 12.6. The topological polar surface area (TPSA) is 103 Å². The van der Waals surface area contributed by atoms with E-state index < -0.39 is 5.25 Å². The van der Waals surface area contributed by atoms with Crippen LogP contribution in [0.3, 0.4) is 0 Å². The Bertz CT molecular complexity index is 853. The molecule has 152 valence electrons. The molecule has 0 fully saturated rings. The molecular weight excluding hydrogens is 398 g/mol. The van der Waals surface area contributed by atoms with E-state index in [0.717, 1.165) is 5.56 Å². The second-order valence-electron chi connectivity index (χ2n) is 7.08. The molecule has 3 N–H and O–H groups in total. The van der Waals surface area contributed by atoms with Crippen LogP contribution in [0.1, 0.15) is 38.6 Å². The molecule has 0 unspecified atom stereocenters. The first-order valence-electron chi connectivity index (χ1n) is 9.11. The van der Waals surface area contributed by atoms with Gasteiger partial charge in [0.25, 0.3) is 0 Å². The summed E-state index contributed by atoms with van der Waals surface area (Å²) in [6.07, 6.45) is 0.642. The molecule has 0 spiro atoms. The third-order valence-electron chi connectivity index (χ3n) is 4.05. The van der Waals surface area contributed by atoms with Crippen molar-refractivity contribution in [1.29, 1.82) is 0 Å². The summed E-state index contributed by atoms with van der Waals surface area (Å²) in [4.78, 5) is 23.7. The zero-order valence-electron chi connectivity index (χ0n) is 16.5. The summed E-state index contributed by atoms with van der Waals surface area (Å²) in [6.45, 7) is 8.60. The molecule has 2 aromatic rings. The fraction of sp³-hybridized carbons (Fsp3) is 0.474. The first-order valence-corrected chi connectivity index (χ1v) is 10.4. The minimum atomic E-state index is -0.391. The molecule has 1 aromatic heterocycles. The van der Waals surface area contributed by atoms with Crippen molar-refractivity contribution < 1.29 is 9.59 Å². The summed E-state index contributed by atoms with van der Waals surface area (Å²) in [5.41, 5.74) is 6.88. The lowest BCUT2D eigenvalue weighted by Gasteiger charge is -2.16. The number of rotatable bonds is 9. The van der Waals surface area contributed by atoms with Crippen LogP contribution in [0.5, 0.6) is 0 Å². The van der Waals surface area contributed by atoms with Gasteiger partial charge in [0.1, 0.15) is 5.82 Å². The van der Waals surface area contributed by atoms with Crippen LogP contribution in [-0.4, -0.2) is 31.8 Å². The Labute approximate surface area is 174 Å². The number of hydrogen-bond donors (Lipinski definition) is 2. The highest BCUT2D eigenvalue weighted by Gasteiger charge is 2.21. The van der Waals surface area contributed by atoms with Crippen molar-refractivity contribution in [2.75, 3.05) is 5.32 Å². The number of primary amides is 1. The molecule has 0 radical (unpaired) electrons. The van der Waals surface area contributed by atoms with Gasteiger partial charge < -0.3 is 15.6 Å². The van der Waals surface area contributed by atoms with Gasteiger partial charge in [0.2, 0.25) is 11.8 Å². The van der Waals surface area contributed by atoms with Crippen LogP contribution in [0.15, 0.2) is 23.4 Å². The van der Waals surface area contributed by atoms with E-state index in [2.05, 4.69) is 29.4 Å². The van der Waals surface area contributed by atoms with Crippen LogP contribution in [0.4, 0.5) is 5.69 Å². The Morgan fingerprint density at radius 3 is 2.64 bits per heavy atom. The Morgan fingerprint density at radius 2 is 2.00 bits per heavy atom. The molecule has 0 saturated heterocycles. The van der Waals surface area contributed by atoms with Gasteiger partial charge in [0.15, 0.2) is 5.16 Å². The van der Waals surface area contributed by atoms with Crippen molar-refractivity contribution in [2.45, 2.75) is 57.5 Å². The normalized spacial score (nSPS) is 12.2. The summed E-state index contributed by atoms with van der Waals surface area (Å²) in [7, 11) is 0. The zero-order valence-corrected chi connectivity index (χ0v) is 18.1. The molecule has 0 bridgehead atoms. The number of benzene rings is 1. The molecule has 0 saturated carbocycles. The maximum Gasteiger partial charge on any atom is 0.237 e. The van der Waals surface area contributed by atoms with Gasteiger partial charge in [-0.1, -0.05) is 43.3 Å². The number of anilines is 1. The monoisotopic (exact) mass is 423 g/mol. The molecule has 2 amide bonds. The van der Waals surface area contributed by atoms with E-state index in [1.165, 1.54) is 11.8 Å². The van der Waals surface area contributed by atoms with Crippen molar-refractivity contribution >= 4 is 40.9 Å². The van der Waals surface area contributed by atoms with E-state index in [4.69, 9.17) is 17.3 Å². The van der Waals surface area contributed by atoms with E-state index in [1.807, 2.05) is 24.5 Å². The predicted molar refractivity (Wildman–Crippen MR) is 113 cm³/mol. The second kappa shape index (κ2) is 9.93. The van der Waals surface area contributed by atoms with Crippen LogP contribution < -0.4 is 11.1 Å². The van der Waals surface area contributed by atoms with Crippen LogP contribution in [0.25, 0.3) is 0 Å². The van der Waals surface area contributed by atoms with Gasteiger partial charge in [0.05, 0.1) is 5.25 Å². The minimum absolute atomic E-state index is 0.145. The molecule has 0 aliphatic carbocycles. The molecule has 1 atom stereocenters. The number of carbonyl (C=O) groups excluding carboxylic acids is 2. The molecular formula is C19H26ClN5O2S. The van der Waals surface area contributed by atoms with E-state index in [0.29, 0.717) is 40.6 Å². The summed E-state index contributed by atoms with van der Waals surface area (Å²) in [5.74, 6) is 0.542. The van der Waals surface area contributed by atoms with Crippen molar-refractivity contribution in [3.63, 3.8) is 0 Å². The van der Waals surface area contributed by atoms with Gasteiger partial charge >= 0.3 is 0 Å². The first kappa shape index (κ1) is 22.2. The van der Waals surface area contributed by atoms with E-state index in [-0.39, 0.29) is 18.2 Å². The van der Waals surface area contributed by atoms with Gasteiger partial charge in [-0.3, -0.25) is 9.59 Å². The summed E-state index contributed by atoms with van der Waals surface area (Å²) >= 11 is 7.36. The number of hydrogen-bond acceptors (Lipinski definition) is 5. The number of halogens is 1. The van der Waals surface area contributed by atoms with Crippen LogP contribution in [0.2, 0.25) is 5.02 Å². The number of aromatic nitrogens is 3. The Balaban J connectivity index is 2.13. The third kappa shape index (κ3) is 6.24. The smallest absolute Gasteiger partial charge is 0.237 e. The number of aryl methyl sites for hydroxylation is 2. The lowest BCUT2D eigenvalue weighted by molar-refractivity contribution is -0.118. The Morgan fingerprint density at radius 1 is 1.29 bits per heavy atom. The Hall–Kier alpha value is -2.06. The number of amides is 2. The van der Waals surface area contributed by atoms with E-state index in [1.54, 1.807) is 12.1 Å². The average Bonchev–Trinajstić information content (AvgIpc) is 2.97. The van der Waals surface area contributed by atoms with Gasteiger partial charge in [-0.05, 0) is 37.5 Å². The lowest BCUT2D eigenvalue weighted by Crippen LogP contribution is -2.23. The maximum atomic E-state index is 12.6. The highest BCUT2D eigenvalue weighted by molar-refractivity contribution is 8.00. The van der Waals surface area contributed by atoms with Gasteiger partial charge in [-0.2, -0.15) is 0 Å². The quantitative estimate of drug-likeness (QED) is 0.601. The van der Waals surface area contributed by atoms with E-state index in [9.17, 15) is 9.59 Å². The summed E-state index contributed by atoms with van der Waals surface area (Å²) < 4.78 is 1.96. The summed E-state index contributed by atoms with van der Waals surface area (Å²) in [6, 6.07) is 5.38. The first-order chi connectivity index (χ1) is 13.2. The van der Waals surface area contributed by atoms with Gasteiger partial charge in [-0.15, -0.1) is 10.2 Å². The van der Waals surface area contributed by atoms with Crippen molar-refractivity contribution in [3.8, 4) is 0 Å². The number of nitrogens with two attached hydrogens (primary N) is 1. The van der Waals surface area contributed by atoms with Crippen LogP contribution in [0, 0.1) is 12.8 Å². The van der Waals surface area contributed by atoms with Crippen molar-refractivity contribution in [2.24, 2.45) is 11.7 Å². The van der Waals surface area contributed by atoms with Crippen molar-refractivity contribution in [1.82, 2.24) is 14.8 Å². The molecule has 1 aromatic carbocycles. The highest BCUT2D eigenvalue weighted by atomic mass is 35.5. The number of carbonyl (C=O) groups is 2. The molecule has 1 heterocycles. The number of nitrogens with zero attached hydrogens (tertiary/aromatic N) is 3. The molecule has 9 heteroatoms. The zero-order chi connectivity index (χ0) is 20.8. The second-order valence-corrected chi connectivity index (χ2v) is 8.82. The standard InChI is InChI=1S/C19H26ClN5O2S/c1-11(2)10-25-17(8-7-16(21)26)23-24-19(25)28-13(4)18(27)22-15-9-14(20)6-5-12(15)3/h5-6,9,11,13H,7-8,10H2,1-4H3,(H2,21,26)(H,22,27)/t13-/m0/s1. The van der Waals surface area contributed by atoms with Gasteiger partial charge in [0, 0.05) is 30.1 Å². The number of nitrogens with one attached hydrogen (secondary N) is 1. The van der Waals surface area contributed by atoms with E-state index >= 15 is 0 Å². The molecule has 2 rings (SSSR count). The summed E-state index contributed by atoms with van der Waals surface area (Å²) in [5, 5.41) is 12.2. The third-order valence-corrected chi connectivity index (χ3v) is 5.36. The number of thioether (sulfide) groups is 1. The molecule has 7 nitrogen and oxygen atoms in total. The fourth-order valence-electron chi connectivity index (χ4n) is 2.55. The fourth-order valence-corrected chi connectivity index (χ4v) is 3.60. The van der Waals surface area contributed by atoms with Crippen LogP contribution >= 0.6 is 23.4 Å². The average molecular weight is 424 g/mol. The van der Waals surface area contributed by atoms with Crippen LogP contribution in [-0.2, 0) is 22.6 Å². The largest absolute Gasteiger partial charge is 0.370 e. The predicted octanol–water partition coefficient (Wildman–Crippen LogP) is 3.43. The molecule has 0 aliphatic rings. The SMILES string of the molecule is Cc1ccc(Cl)cc1NC(=O)[C@H](C)Sc1nnc(CCC(N)=O)n1CC(C)C. The molecule has 0 aliphatic heterocycles.